The van der Waals surface area contributed by atoms with E-state index in [1.807, 2.05) is 0 Å². The van der Waals surface area contributed by atoms with Crippen LogP contribution in [-0.4, -0.2) is 28.6 Å². The van der Waals surface area contributed by atoms with Gasteiger partial charge in [0, 0.05) is 17.8 Å². The summed E-state index contributed by atoms with van der Waals surface area (Å²) in [5, 5.41) is 11.7. The SMILES string of the molecule is O=C(NC1CC2CCC1C2)c1ccc(C#CCO)cn1. The third-order valence-electron chi connectivity index (χ3n) is 4.36. The molecule has 2 aliphatic carbocycles. The molecule has 0 spiro atoms. The van der Waals surface area contributed by atoms with Crippen molar-refractivity contribution in [3.8, 4) is 11.8 Å². The van der Waals surface area contributed by atoms with Gasteiger partial charge in [0.1, 0.15) is 12.3 Å². The highest BCUT2D eigenvalue weighted by atomic mass is 16.2. The summed E-state index contributed by atoms with van der Waals surface area (Å²) in [6.07, 6.45) is 6.54. The molecule has 2 bridgehead atoms. The van der Waals surface area contributed by atoms with E-state index in [4.69, 9.17) is 5.11 Å². The second kappa shape index (κ2) is 5.64. The van der Waals surface area contributed by atoms with E-state index in [0.717, 1.165) is 12.3 Å². The number of carbonyl (C=O) groups is 1. The number of amides is 1. The summed E-state index contributed by atoms with van der Waals surface area (Å²) in [5.74, 6) is 6.70. The van der Waals surface area contributed by atoms with Crippen LogP contribution in [0.3, 0.4) is 0 Å². The van der Waals surface area contributed by atoms with Gasteiger partial charge in [0.25, 0.3) is 5.91 Å². The maximum absolute atomic E-state index is 12.2. The lowest BCUT2D eigenvalue weighted by molar-refractivity contribution is 0.0918. The fraction of sp³-hybridized carbons (Fsp3) is 0.500. The Hall–Kier alpha value is -1.86. The highest BCUT2D eigenvalue weighted by molar-refractivity contribution is 5.92. The molecule has 2 fully saturated rings. The molecule has 1 amide bonds. The van der Waals surface area contributed by atoms with Crippen LogP contribution >= 0.6 is 0 Å². The fourth-order valence-electron chi connectivity index (χ4n) is 3.41. The predicted octanol–water partition coefficient (Wildman–Crippen LogP) is 1.34. The number of fused-ring (bicyclic) bond motifs is 2. The summed E-state index contributed by atoms with van der Waals surface area (Å²) in [6.45, 7) is -0.174. The minimum Gasteiger partial charge on any atom is -0.384 e. The quantitative estimate of drug-likeness (QED) is 0.797. The van der Waals surface area contributed by atoms with Crippen molar-refractivity contribution in [1.29, 1.82) is 0 Å². The van der Waals surface area contributed by atoms with Crippen LogP contribution in [0.25, 0.3) is 0 Å². The van der Waals surface area contributed by atoms with Gasteiger partial charge >= 0.3 is 0 Å². The predicted molar refractivity (Wildman–Crippen MR) is 74.9 cm³/mol. The van der Waals surface area contributed by atoms with Crippen LogP contribution in [0.2, 0.25) is 0 Å². The van der Waals surface area contributed by atoms with E-state index in [1.165, 1.54) is 19.3 Å². The molecule has 0 aromatic carbocycles. The molecule has 3 unspecified atom stereocenters. The van der Waals surface area contributed by atoms with Gasteiger partial charge in [-0.1, -0.05) is 18.3 Å². The Kier molecular flexibility index (Phi) is 3.70. The van der Waals surface area contributed by atoms with Crippen LogP contribution < -0.4 is 5.32 Å². The van der Waals surface area contributed by atoms with Gasteiger partial charge in [-0.25, -0.2) is 4.98 Å². The molecule has 2 N–H and O–H groups in total. The van der Waals surface area contributed by atoms with E-state index in [-0.39, 0.29) is 12.5 Å². The topological polar surface area (TPSA) is 62.2 Å². The van der Waals surface area contributed by atoms with Crippen LogP contribution in [0, 0.1) is 23.7 Å². The first-order valence-electron chi connectivity index (χ1n) is 7.13. The molecule has 3 atom stereocenters. The molecule has 104 valence electrons. The molecule has 3 rings (SSSR count). The number of nitrogens with zero attached hydrogens (tertiary/aromatic N) is 1. The second-order valence-electron chi connectivity index (χ2n) is 5.65. The molecule has 0 aliphatic heterocycles. The number of rotatable bonds is 2. The summed E-state index contributed by atoms with van der Waals surface area (Å²) in [5.41, 5.74) is 1.14. The first-order chi connectivity index (χ1) is 9.76. The standard InChI is InChI=1S/C16H18N2O2/c19-7-1-2-11-4-6-14(17-10-11)16(20)18-15-9-12-3-5-13(15)8-12/h4,6,10,12-13,15,19H,3,5,7-9H2,(H,18,20). The normalized spacial score (nSPS) is 26.9. The number of hydrogen-bond acceptors (Lipinski definition) is 3. The van der Waals surface area contributed by atoms with Crippen molar-refractivity contribution in [2.24, 2.45) is 11.8 Å². The van der Waals surface area contributed by atoms with Crippen molar-refractivity contribution < 1.29 is 9.90 Å². The summed E-state index contributed by atoms with van der Waals surface area (Å²) < 4.78 is 0. The Balaban J connectivity index is 1.62. The van der Waals surface area contributed by atoms with Crippen LogP contribution in [0.4, 0.5) is 0 Å². The van der Waals surface area contributed by atoms with Gasteiger partial charge in [-0.15, -0.1) is 0 Å². The molecule has 4 heteroatoms. The van der Waals surface area contributed by atoms with Gasteiger partial charge < -0.3 is 10.4 Å². The number of aliphatic hydroxyl groups is 1. The van der Waals surface area contributed by atoms with E-state index in [9.17, 15) is 4.79 Å². The van der Waals surface area contributed by atoms with Gasteiger partial charge in [0.15, 0.2) is 0 Å². The van der Waals surface area contributed by atoms with E-state index in [0.29, 0.717) is 23.2 Å². The van der Waals surface area contributed by atoms with E-state index in [1.54, 1.807) is 18.3 Å². The van der Waals surface area contributed by atoms with Crippen molar-refractivity contribution in [3.05, 3.63) is 29.6 Å². The number of hydrogen-bond donors (Lipinski definition) is 2. The molecule has 2 saturated carbocycles. The number of nitrogens with one attached hydrogen (secondary N) is 1. The number of carbonyl (C=O) groups excluding carboxylic acids is 1. The van der Waals surface area contributed by atoms with Gasteiger partial charge in [-0.3, -0.25) is 4.79 Å². The fourth-order valence-corrected chi connectivity index (χ4v) is 3.41. The van der Waals surface area contributed by atoms with Gasteiger partial charge in [0.2, 0.25) is 0 Å². The minimum absolute atomic E-state index is 0.0933. The first kappa shape index (κ1) is 13.1. The number of aliphatic hydroxyl groups excluding tert-OH is 1. The van der Waals surface area contributed by atoms with E-state index < -0.39 is 0 Å². The van der Waals surface area contributed by atoms with Gasteiger partial charge in [0.05, 0.1) is 0 Å². The molecule has 20 heavy (non-hydrogen) atoms. The average Bonchev–Trinajstić information content (AvgIpc) is 3.08. The summed E-state index contributed by atoms with van der Waals surface area (Å²) in [6, 6.07) is 3.77. The zero-order chi connectivity index (χ0) is 13.9. The Labute approximate surface area is 118 Å². The molecule has 0 saturated heterocycles. The molecule has 2 aliphatic rings. The zero-order valence-electron chi connectivity index (χ0n) is 11.3. The van der Waals surface area contributed by atoms with E-state index in [2.05, 4.69) is 22.1 Å². The molecular formula is C16H18N2O2. The average molecular weight is 270 g/mol. The summed E-state index contributed by atoms with van der Waals surface area (Å²) >= 11 is 0. The molecule has 0 radical (unpaired) electrons. The van der Waals surface area contributed by atoms with Crippen LogP contribution in [0.1, 0.15) is 41.7 Å². The highest BCUT2D eigenvalue weighted by Crippen LogP contribution is 2.44. The first-order valence-corrected chi connectivity index (χ1v) is 7.13. The van der Waals surface area contributed by atoms with Gasteiger partial charge in [-0.2, -0.15) is 0 Å². The minimum atomic E-state index is -0.174. The van der Waals surface area contributed by atoms with Crippen LogP contribution in [0.5, 0.6) is 0 Å². The molecule has 1 heterocycles. The lowest BCUT2D eigenvalue weighted by atomic mass is 9.95. The maximum Gasteiger partial charge on any atom is 0.270 e. The van der Waals surface area contributed by atoms with Crippen molar-refractivity contribution >= 4 is 5.91 Å². The Morgan fingerprint density at radius 3 is 2.90 bits per heavy atom. The van der Waals surface area contributed by atoms with Crippen molar-refractivity contribution in [3.63, 3.8) is 0 Å². The molecule has 1 aromatic rings. The number of pyridine rings is 1. The molecule has 4 nitrogen and oxygen atoms in total. The smallest absolute Gasteiger partial charge is 0.270 e. The maximum atomic E-state index is 12.2. The van der Waals surface area contributed by atoms with Gasteiger partial charge in [-0.05, 0) is 43.2 Å². The Bertz CT molecular complexity index is 556. The van der Waals surface area contributed by atoms with Crippen molar-refractivity contribution in [1.82, 2.24) is 10.3 Å². The van der Waals surface area contributed by atoms with Crippen molar-refractivity contribution in [2.75, 3.05) is 6.61 Å². The lowest BCUT2D eigenvalue weighted by Crippen LogP contribution is -2.38. The molecule has 1 aromatic heterocycles. The third-order valence-corrected chi connectivity index (χ3v) is 4.36. The van der Waals surface area contributed by atoms with Crippen molar-refractivity contribution in [2.45, 2.75) is 31.7 Å². The Morgan fingerprint density at radius 2 is 2.30 bits per heavy atom. The largest absolute Gasteiger partial charge is 0.384 e. The highest BCUT2D eigenvalue weighted by Gasteiger charge is 2.40. The van der Waals surface area contributed by atoms with Crippen LogP contribution in [0.15, 0.2) is 18.3 Å². The second-order valence-corrected chi connectivity index (χ2v) is 5.65. The lowest BCUT2D eigenvalue weighted by Gasteiger charge is -2.22. The molecular weight excluding hydrogens is 252 g/mol. The van der Waals surface area contributed by atoms with E-state index >= 15 is 0 Å². The Morgan fingerprint density at radius 1 is 1.40 bits per heavy atom. The summed E-state index contributed by atoms with van der Waals surface area (Å²) in [4.78, 5) is 16.3. The zero-order valence-corrected chi connectivity index (χ0v) is 11.3. The number of aromatic nitrogens is 1. The monoisotopic (exact) mass is 270 g/mol. The van der Waals surface area contributed by atoms with Crippen LogP contribution in [-0.2, 0) is 0 Å². The third kappa shape index (κ3) is 2.68. The summed E-state index contributed by atoms with van der Waals surface area (Å²) in [7, 11) is 0.